The van der Waals surface area contributed by atoms with Crippen molar-refractivity contribution < 1.29 is 13.2 Å². The van der Waals surface area contributed by atoms with Gasteiger partial charge in [0, 0.05) is 31.9 Å². The van der Waals surface area contributed by atoms with Crippen molar-refractivity contribution in [2.45, 2.75) is 31.8 Å². The van der Waals surface area contributed by atoms with Crippen LogP contribution >= 0.6 is 24.0 Å². The highest BCUT2D eigenvalue weighted by atomic mass is 127. The Morgan fingerprint density at radius 1 is 1.36 bits per heavy atom. The molecule has 25 heavy (non-hydrogen) atoms. The molecule has 140 valence electrons. The van der Waals surface area contributed by atoms with Gasteiger partial charge < -0.3 is 15.4 Å². The Kier molecular flexibility index (Phi) is 7.29. The predicted octanol–water partition coefficient (Wildman–Crippen LogP) is 1.34. The predicted molar refractivity (Wildman–Crippen MR) is 108 cm³/mol. The Labute approximate surface area is 166 Å². The Morgan fingerprint density at radius 2 is 2.16 bits per heavy atom. The molecule has 1 saturated heterocycles. The molecule has 2 aliphatic rings. The van der Waals surface area contributed by atoms with Crippen LogP contribution in [0.3, 0.4) is 0 Å². The minimum Gasteiger partial charge on any atom is -0.477 e. The van der Waals surface area contributed by atoms with Crippen LogP contribution in [0, 0.1) is 5.92 Å². The highest BCUT2D eigenvalue weighted by Crippen LogP contribution is 2.29. The summed E-state index contributed by atoms with van der Waals surface area (Å²) in [4.78, 5) is 8.44. The molecule has 2 fully saturated rings. The summed E-state index contributed by atoms with van der Waals surface area (Å²) in [7, 11) is -1.23. The fourth-order valence-corrected chi connectivity index (χ4v) is 4.24. The normalized spacial score (nSPS) is 22.1. The minimum absolute atomic E-state index is 0. The Bertz CT molecular complexity index is 690. The zero-order valence-corrected chi connectivity index (χ0v) is 17.4. The van der Waals surface area contributed by atoms with E-state index in [0.717, 1.165) is 12.2 Å². The molecule has 0 aromatic carbocycles. The molecule has 3 rings (SSSR count). The smallest absolute Gasteiger partial charge is 0.213 e. The lowest BCUT2D eigenvalue weighted by Gasteiger charge is -2.16. The first-order chi connectivity index (χ1) is 11.5. The molecular formula is C16H25IN4O3S. The fourth-order valence-electron chi connectivity index (χ4n) is 2.57. The number of nitrogens with zero attached hydrogens (tertiary/aromatic N) is 2. The Morgan fingerprint density at radius 3 is 2.72 bits per heavy atom. The number of rotatable bonds is 6. The van der Waals surface area contributed by atoms with Crippen LogP contribution in [-0.2, 0) is 16.4 Å². The third kappa shape index (κ3) is 6.61. The molecule has 1 aromatic rings. The number of pyridine rings is 1. The van der Waals surface area contributed by atoms with Gasteiger partial charge >= 0.3 is 0 Å². The number of sulfone groups is 1. The number of aromatic nitrogens is 1. The molecule has 0 spiro atoms. The maximum absolute atomic E-state index is 11.5. The summed E-state index contributed by atoms with van der Waals surface area (Å²) in [5.41, 5.74) is 1.01. The molecule has 1 aliphatic heterocycles. The van der Waals surface area contributed by atoms with Gasteiger partial charge in [-0.1, -0.05) is 6.07 Å². The van der Waals surface area contributed by atoms with Crippen molar-refractivity contribution in [2.24, 2.45) is 10.9 Å². The van der Waals surface area contributed by atoms with E-state index in [2.05, 4.69) is 20.6 Å². The van der Waals surface area contributed by atoms with Gasteiger partial charge in [0.05, 0.1) is 18.1 Å². The number of halogens is 1. The number of guanidine groups is 1. The van der Waals surface area contributed by atoms with E-state index in [1.165, 1.54) is 12.8 Å². The lowest BCUT2D eigenvalue weighted by atomic mass is 10.2. The van der Waals surface area contributed by atoms with Gasteiger partial charge in [-0.2, -0.15) is 0 Å². The molecular weight excluding hydrogens is 455 g/mol. The van der Waals surface area contributed by atoms with E-state index < -0.39 is 9.84 Å². The number of hydrogen-bond donors (Lipinski definition) is 2. The first kappa shape index (κ1) is 20.2. The van der Waals surface area contributed by atoms with Crippen LogP contribution in [0.4, 0.5) is 0 Å². The van der Waals surface area contributed by atoms with Gasteiger partial charge in [0.15, 0.2) is 15.8 Å². The number of nitrogens with one attached hydrogen (secondary N) is 2. The molecule has 2 N–H and O–H groups in total. The van der Waals surface area contributed by atoms with Gasteiger partial charge in [-0.25, -0.2) is 13.4 Å². The van der Waals surface area contributed by atoms with E-state index in [-0.39, 0.29) is 41.5 Å². The lowest BCUT2D eigenvalue weighted by Crippen LogP contribution is -2.43. The Hall–Kier alpha value is -1.10. The highest BCUT2D eigenvalue weighted by Gasteiger charge is 2.28. The summed E-state index contributed by atoms with van der Waals surface area (Å²) in [6.07, 6.45) is 4.92. The van der Waals surface area contributed by atoms with Crippen LogP contribution in [-0.4, -0.2) is 50.6 Å². The zero-order chi connectivity index (χ0) is 17.0. The van der Waals surface area contributed by atoms with Crippen LogP contribution in [0.15, 0.2) is 23.3 Å². The van der Waals surface area contributed by atoms with Crippen molar-refractivity contribution in [2.75, 3.05) is 25.2 Å². The molecule has 1 aliphatic carbocycles. The van der Waals surface area contributed by atoms with E-state index in [1.54, 1.807) is 13.2 Å². The second kappa shape index (κ2) is 9.02. The highest BCUT2D eigenvalue weighted by molar-refractivity contribution is 14.0. The summed E-state index contributed by atoms with van der Waals surface area (Å²) in [5.74, 6) is 2.38. The van der Waals surface area contributed by atoms with Gasteiger partial charge in [0.25, 0.3) is 0 Å². The topological polar surface area (TPSA) is 92.7 Å². The molecule has 0 radical (unpaired) electrons. The molecule has 9 heteroatoms. The SMILES string of the molecule is CN=C(NCc1ccc(OCC2CC2)nc1)NC1CCS(=O)(=O)C1.I. The van der Waals surface area contributed by atoms with E-state index in [4.69, 9.17) is 4.74 Å². The monoisotopic (exact) mass is 480 g/mol. The van der Waals surface area contributed by atoms with Crippen molar-refractivity contribution in [3.8, 4) is 5.88 Å². The van der Waals surface area contributed by atoms with Crippen LogP contribution in [0.1, 0.15) is 24.8 Å². The van der Waals surface area contributed by atoms with E-state index in [1.807, 2.05) is 12.1 Å². The van der Waals surface area contributed by atoms with E-state index in [0.29, 0.717) is 30.7 Å². The summed E-state index contributed by atoms with van der Waals surface area (Å²) in [6.45, 7) is 1.32. The van der Waals surface area contributed by atoms with Crippen molar-refractivity contribution >= 4 is 39.8 Å². The number of hydrogen-bond acceptors (Lipinski definition) is 5. The van der Waals surface area contributed by atoms with E-state index >= 15 is 0 Å². The van der Waals surface area contributed by atoms with Gasteiger partial charge in [-0.3, -0.25) is 4.99 Å². The maximum atomic E-state index is 11.5. The average molecular weight is 480 g/mol. The summed E-state index contributed by atoms with van der Waals surface area (Å²) in [5, 5.41) is 6.34. The fraction of sp³-hybridized carbons (Fsp3) is 0.625. The number of aliphatic imine (C=N–C) groups is 1. The summed E-state index contributed by atoms with van der Waals surface area (Å²) >= 11 is 0. The first-order valence-corrected chi connectivity index (χ1v) is 10.1. The second-order valence-electron chi connectivity index (χ2n) is 6.43. The van der Waals surface area contributed by atoms with Crippen LogP contribution in [0.2, 0.25) is 0 Å². The molecule has 1 saturated carbocycles. The lowest BCUT2D eigenvalue weighted by molar-refractivity contribution is 0.288. The van der Waals surface area contributed by atoms with Crippen molar-refractivity contribution in [3.05, 3.63) is 23.9 Å². The molecule has 1 atom stereocenters. The number of ether oxygens (including phenoxy) is 1. The molecule has 1 aromatic heterocycles. The third-order valence-electron chi connectivity index (χ3n) is 4.22. The van der Waals surface area contributed by atoms with Crippen LogP contribution < -0.4 is 15.4 Å². The standard InChI is InChI=1S/C16H24N4O3S.HI/c1-17-16(20-14-6-7-24(21,22)11-14)19-9-13-4-5-15(18-8-13)23-10-12-2-3-12;/h4-5,8,12,14H,2-3,6-7,9-11H2,1H3,(H2,17,19,20);1H. The molecule has 7 nitrogen and oxygen atoms in total. The van der Waals surface area contributed by atoms with Crippen LogP contribution in [0.5, 0.6) is 5.88 Å². The minimum atomic E-state index is -2.90. The molecule has 0 bridgehead atoms. The van der Waals surface area contributed by atoms with Crippen LogP contribution in [0.25, 0.3) is 0 Å². The van der Waals surface area contributed by atoms with Crippen molar-refractivity contribution in [3.63, 3.8) is 0 Å². The summed E-state index contributed by atoms with van der Waals surface area (Å²) < 4.78 is 28.6. The van der Waals surface area contributed by atoms with Crippen molar-refractivity contribution in [1.82, 2.24) is 15.6 Å². The van der Waals surface area contributed by atoms with Gasteiger partial charge in [0.2, 0.25) is 5.88 Å². The Balaban J connectivity index is 0.00000225. The van der Waals surface area contributed by atoms with E-state index in [9.17, 15) is 8.42 Å². The molecule has 0 amide bonds. The maximum Gasteiger partial charge on any atom is 0.213 e. The quantitative estimate of drug-likeness (QED) is 0.363. The summed E-state index contributed by atoms with van der Waals surface area (Å²) in [6, 6.07) is 3.77. The molecule has 1 unspecified atom stereocenters. The van der Waals surface area contributed by atoms with Gasteiger partial charge in [0.1, 0.15) is 0 Å². The van der Waals surface area contributed by atoms with Gasteiger partial charge in [-0.05, 0) is 30.7 Å². The largest absolute Gasteiger partial charge is 0.477 e. The van der Waals surface area contributed by atoms with Crippen molar-refractivity contribution in [1.29, 1.82) is 0 Å². The first-order valence-electron chi connectivity index (χ1n) is 8.29. The second-order valence-corrected chi connectivity index (χ2v) is 8.66. The average Bonchev–Trinajstić information content (AvgIpc) is 3.33. The third-order valence-corrected chi connectivity index (χ3v) is 5.99. The molecule has 2 heterocycles. The zero-order valence-electron chi connectivity index (χ0n) is 14.3. The van der Waals surface area contributed by atoms with Gasteiger partial charge in [-0.15, -0.1) is 24.0 Å².